The molecule has 0 aromatic heterocycles. The predicted octanol–water partition coefficient (Wildman–Crippen LogP) is 4.88. The second-order valence-corrected chi connectivity index (χ2v) is 11.9. The normalized spacial score (nSPS) is 15.9. The number of carbonyl (C=O) groups is 3. The summed E-state index contributed by atoms with van der Waals surface area (Å²) in [6.07, 6.45) is 1.48. The maximum atomic E-state index is 14.0. The highest BCUT2D eigenvalue weighted by molar-refractivity contribution is 5.92. The molecule has 2 unspecified atom stereocenters. The Balaban J connectivity index is 2.44. The molecule has 190 valence electrons. The van der Waals surface area contributed by atoms with E-state index in [2.05, 4.69) is 10.6 Å². The van der Waals surface area contributed by atoms with E-state index >= 15 is 0 Å². The Bertz CT molecular complexity index is 861. The van der Waals surface area contributed by atoms with E-state index in [0.29, 0.717) is 6.42 Å². The average molecular weight is 474 g/mol. The number of amides is 3. The van der Waals surface area contributed by atoms with Crippen LogP contribution < -0.4 is 10.6 Å². The van der Waals surface area contributed by atoms with Gasteiger partial charge in [0.05, 0.1) is 0 Å². The molecule has 0 spiro atoms. The van der Waals surface area contributed by atoms with Crippen LogP contribution in [0.4, 0.5) is 4.79 Å². The molecule has 7 nitrogen and oxygen atoms in total. The average Bonchev–Trinajstić information content (AvgIpc) is 3.47. The van der Waals surface area contributed by atoms with Gasteiger partial charge in [0.25, 0.3) is 0 Å². The first kappa shape index (κ1) is 27.7. The second kappa shape index (κ2) is 10.8. The van der Waals surface area contributed by atoms with E-state index in [0.717, 1.165) is 24.0 Å². The van der Waals surface area contributed by atoms with Gasteiger partial charge in [-0.05, 0) is 79.2 Å². The second-order valence-electron chi connectivity index (χ2n) is 11.9. The molecule has 1 aliphatic carbocycles. The van der Waals surface area contributed by atoms with E-state index < -0.39 is 29.3 Å². The van der Waals surface area contributed by atoms with Crippen molar-refractivity contribution in [2.24, 2.45) is 5.92 Å². The van der Waals surface area contributed by atoms with Crippen LogP contribution >= 0.6 is 0 Å². The first-order valence-corrected chi connectivity index (χ1v) is 12.3. The Morgan fingerprint density at radius 1 is 1.03 bits per heavy atom. The number of carbonyl (C=O) groups excluding carboxylic acids is 3. The molecule has 0 bridgehead atoms. The largest absolute Gasteiger partial charge is 0.444 e. The topological polar surface area (TPSA) is 87.7 Å². The van der Waals surface area contributed by atoms with E-state index in [4.69, 9.17) is 4.74 Å². The number of hydrogen-bond donors (Lipinski definition) is 2. The van der Waals surface area contributed by atoms with Crippen LogP contribution in [0.5, 0.6) is 0 Å². The lowest BCUT2D eigenvalue weighted by Gasteiger charge is -2.36. The summed E-state index contributed by atoms with van der Waals surface area (Å²) >= 11 is 0. The zero-order valence-electron chi connectivity index (χ0n) is 22.3. The number of ether oxygens (including phenoxy) is 1. The van der Waals surface area contributed by atoms with Crippen molar-refractivity contribution in [3.8, 4) is 0 Å². The third-order valence-corrected chi connectivity index (χ3v) is 5.31. The van der Waals surface area contributed by atoms with Crippen LogP contribution in [-0.2, 0) is 14.3 Å². The number of hydrogen-bond acceptors (Lipinski definition) is 4. The maximum absolute atomic E-state index is 14.0. The highest BCUT2D eigenvalue weighted by atomic mass is 16.6. The minimum absolute atomic E-state index is 0.0420. The first-order valence-electron chi connectivity index (χ1n) is 12.3. The lowest BCUT2D eigenvalue weighted by Crippen LogP contribution is -2.55. The summed E-state index contributed by atoms with van der Waals surface area (Å²) in [5.41, 5.74) is 0.702. The molecule has 0 saturated heterocycles. The number of nitrogens with one attached hydrogen (secondary N) is 2. The van der Waals surface area contributed by atoms with Crippen LogP contribution in [-0.4, -0.2) is 46.0 Å². The number of aryl methyl sites for hydroxylation is 1. The van der Waals surface area contributed by atoms with Gasteiger partial charge in [0.15, 0.2) is 0 Å². The Kier molecular flexibility index (Phi) is 8.78. The van der Waals surface area contributed by atoms with Gasteiger partial charge in [-0.15, -0.1) is 0 Å². The van der Waals surface area contributed by atoms with Crippen LogP contribution in [0, 0.1) is 12.8 Å². The van der Waals surface area contributed by atoms with Gasteiger partial charge >= 0.3 is 6.09 Å². The summed E-state index contributed by atoms with van der Waals surface area (Å²) in [6.45, 7) is 17.1. The standard InChI is InChI=1S/C27H43N3O4/c1-17(2)16-21(28-25(33)34-27(7,8)9)24(32)30(20-14-15-20)22(23(31)29-26(4,5)6)19-12-10-18(3)11-13-19/h10-13,17,20-22H,14-16H2,1-9H3,(H,28,33)(H,29,31). The van der Waals surface area contributed by atoms with Gasteiger partial charge in [-0.25, -0.2) is 4.79 Å². The Hall–Kier alpha value is -2.57. The van der Waals surface area contributed by atoms with Gasteiger partial charge in [0, 0.05) is 11.6 Å². The fourth-order valence-electron chi connectivity index (χ4n) is 3.82. The molecular formula is C27H43N3O4. The molecule has 0 heterocycles. The molecule has 0 aliphatic heterocycles. The molecular weight excluding hydrogens is 430 g/mol. The fraction of sp³-hybridized carbons (Fsp3) is 0.667. The Morgan fingerprint density at radius 3 is 2.03 bits per heavy atom. The summed E-state index contributed by atoms with van der Waals surface area (Å²) in [4.78, 5) is 41.8. The van der Waals surface area contributed by atoms with Gasteiger partial charge in [-0.3, -0.25) is 9.59 Å². The molecule has 7 heteroatoms. The van der Waals surface area contributed by atoms with Gasteiger partial charge in [-0.2, -0.15) is 0 Å². The lowest BCUT2D eigenvalue weighted by atomic mass is 9.97. The molecule has 34 heavy (non-hydrogen) atoms. The lowest BCUT2D eigenvalue weighted by molar-refractivity contribution is -0.144. The van der Waals surface area contributed by atoms with Crippen molar-refractivity contribution in [2.45, 2.75) is 111 Å². The van der Waals surface area contributed by atoms with E-state index in [1.165, 1.54) is 0 Å². The molecule has 3 amide bonds. The van der Waals surface area contributed by atoms with E-state index in [1.807, 2.05) is 65.8 Å². The molecule has 0 radical (unpaired) electrons. The molecule has 1 saturated carbocycles. The smallest absolute Gasteiger partial charge is 0.408 e. The molecule has 2 atom stereocenters. The van der Waals surface area contributed by atoms with Crippen molar-refractivity contribution in [2.75, 3.05) is 0 Å². The van der Waals surface area contributed by atoms with Gasteiger partial charge < -0.3 is 20.3 Å². The van der Waals surface area contributed by atoms with Crippen molar-refractivity contribution >= 4 is 17.9 Å². The minimum atomic E-state index is -0.786. The van der Waals surface area contributed by atoms with E-state index in [9.17, 15) is 14.4 Å². The number of nitrogens with zero attached hydrogens (tertiary/aromatic N) is 1. The summed E-state index contributed by atoms with van der Waals surface area (Å²) in [5.74, 6) is -0.319. The van der Waals surface area contributed by atoms with Crippen LogP contribution in [0.2, 0.25) is 0 Å². The molecule has 2 rings (SSSR count). The van der Waals surface area contributed by atoms with Crippen molar-refractivity contribution < 1.29 is 19.1 Å². The van der Waals surface area contributed by atoms with Gasteiger partial charge in [0.1, 0.15) is 17.7 Å². The van der Waals surface area contributed by atoms with E-state index in [1.54, 1.807) is 25.7 Å². The molecule has 2 N–H and O–H groups in total. The van der Waals surface area contributed by atoms with Crippen LogP contribution in [0.25, 0.3) is 0 Å². The quantitative estimate of drug-likeness (QED) is 0.563. The van der Waals surface area contributed by atoms with Crippen molar-refractivity contribution in [3.63, 3.8) is 0 Å². The summed E-state index contributed by atoms with van der Waals surface area (Å²) in [6, 6.07) is 6.10. The van der Waals surface area contributed by atoms with Gasteiger partial charge in [-0.1, -0.05) is 43.7 Å². The van der Waals surface area contributed by atoms with Crippen molar-refractivity contribution in [1.82, 2.24) is 15.5 Å². The molecule has 1 fully saturated rings. The minimum Gasteiger partial charge on any atom is -0.444 e. The SMILES string of the molecule is Cc1ccc(C(C(=O)NC(C)(C)C)N(C(=O)C(CC(C)C)NC(=O)OC(C)(C)C)C2CC2)cc1. The number of alkyl carbamates (subject to hydrolysis) is 1. The van der Waals surface area contributed by atoms with Crippen LogP contribution in [0.1, 0.15) is 91.8 Å². The van der Waals surface area contributed by atoms with Crippen molar-refractivity contribution in [3.05, 3.63) is 35.4 Å². The van der Waals surface area contributed by atoms with Crippen LogP contribution in [0.3, 0.4) is 0 Å². The zero-order chi connectivity index (χ0) is 25.8. The maximum Gasteiger partial charge on any atom is 0.408 e. The summed E-state index contributed by atoms with van der Waals surface area (Å²) in [7, 11) is 0. The van der Waals surface area contributed by atoms with Crippen molar-refractivity contribution in [1.29, 1.82) is 0 Å². The zero-order valence-corrected chi connectivity index (χ0v) is 22.3. The van der Waals surface area contributed by atoms with E-state index in [-0.39, 0.29) is 23.8 Å². The first-order chi connectivity index (χ1) is 15.6. The summed E-state index contributed by atoms with van der Waals surface area (Å²) < 4.78 is 5.43. The monoisotopic (exact) mass is 473 g/mol. The molecule has 1 aliphatic rings. The number of rotatable bonds is 8. The van der Waals surface area contributed by atoms with Crippen LogP contribution in [0.15, 0.2) is 24.3 Å². The highest BCUT2D eigenvalue weighted by Crippen LogP contribution is 2.36. The number of benzene rings is 1. The predicted molar refractivity (Wildman–Crippen MR) is 134 cm³/mol. The fourth-order valence-corrected chi connectivity index (χ4v) is 3.82. The Morgan fingerprint density at radius 2 is 1.59 bits per heavy atom. The Labute approximate surface area is 205 Å². The molecule has 1 aromatic rings. The van der Waals surface area contributed by atoms with Gasteiger partial charge in [0.2, 0.25) is 11.8 Å². The molecule has 1 aromatic carbocycles. The highest BCUT2D eigenvalue weighted by Gasteiger charge is 2.44. The summed E-state index contributed by atoms with van der Waals surface area (Å²) in [5, 5.41) is 5.84. The third kappa shape index (κ3) is 8.65. The third-order valence-electron chi connectivity index (χ3n) is 5.31.